The van der Waals surface area contributed by atoms with Crippen LogP contribution in [0.5, 0.6) is 0 Å². The Labute approximate surface area is 167 Å². The van der Waals surface area contributed by atoms with Crippen LogP contribution in [0.15, 0.2) is 78.2 Å². The maximum atomic E-state index is 13.6. The van der Waals surface area contributed by atoms with E-state index in [0.29, 0.717) is 18.1 Å². The average molecular weight is 383 g/mol. The van der Waals surface area contributed by atoms with E-state index in [1.54, 1.807) is 24.5 Å². The van der Waals surface area contributed by atoms with Gasteiger partial charge in [-0.2, -0.15) is 0 Å². The number of halogens is 1. The van der Waals surface area contributed by atoms with Gasteiger partial charge in [0.1, 0.15) is 22.9 Å². The summed E-state index contributed by atoms with van der Waals surface area (Å²) in [6, 6.07) is 16.6. The third-order valence-electron chi connectivity index (χ3n) is 5.25. The molecule has 0 spiro atoms. The maximum Gasteiger partial charge on any atom is 0.150 e. The summed E-state index contributed by atoms with van der Waals surface area (Å²) in [6.07, 6.45) is 5.29. The molecule has 0 fully saturated rings. The van der Waals surface area contributed by atoms with Crippen molar-refractivity contribution in [2.24, 2.45) is 4.99 Å². The Bertz CT molecular complexity index is 1220. The van der Waals surface area contributed by atoms with Crippen molar-refractivity contribution in [2.45, 2.75) is 12.5 Å². The lowest BCUT2D eigenvalue weighted by Gasteiger charge is -2.31. The van der Waals surface area contributed by atoms with Crippen molar-refractivity contribution in [2.75, 3.05) is 6.54 Å². The summed E-state index contributed by atoms with van der Waals surface area (Å²) in [5, 5.41) is 4.58. The topological polar surface area (TPSA) is 63.1 Å². The Kier molecular flexibility index (Phi) is 4.05. The highest BCUT2D eigenvalue weighted by atomic mass is 19.1. The molecular formula is C23H18FN5. The fourth-order valence-electron chi connectivity index (χ4n) is 3.67. The number of rotatable bonds is 3. The lowest BCUT2D eigenvalue weighted by molar-refractivity contribution is 0.520. The van der Waals surface area contributed by atoms with Crippen molar-refractivity contribution in [3.05, 3.63) is 102 Å². The largest absolute Gasteiger partial charge is 0.353 e. The fraction of sp³-hybridized carbons (Fsp3) is 0.130. The molecule has 4 aromatic rings. The Balaban J connectivity index is 1.62. The fourth-order valence-corrected chi connectivity index (χ4v) is 3.67. The first-order chi connectivity index (χ1) is 14.1. The number of pyridine rings is 1. The number of fused-ring (bicyclic) bond motifs is 1. The third kappa shape index (κ3) is 3.02. The number of para-hydroxylation sites is 1. The molecule has 5 rings (SSSR count). The normalized spacial score (nSPS) is 18.5. The van der Waals surface area contributed by atoms with Crippen LogP contribution in [-0.4, -0.2) is 27.3 Å². The molecule has 1 atom stereocenters. The second-order valence-corrected chi connectivity index (χ2v) is 7.16. The molecule has 6 heteroatoms. The number of nitrogens with one attached hydrogen (secondary N) is 1. The van der Waals surface area contributed by atoms with E-state index < -0.39 is 5.54 Å². The van der Waals surface area contributed by atoms with Gasteiger partial charge in [0, 0.05) is 23.3 Å². The minimum atomic E-state index is -0.660. The zero-order valence-corrected chi connectivity index (χ0v) is 15.8. The number of hydrogen-bond donors (Lipinski definition) is 1. The summed E-state index contributed by atoms with van der Waals surface area (Å²) in [4.78, 5) is 18.1. The van der Waals surface area contributed by atoms with Crippen LogP contribution in [0, 0.1) is 12.7 Å². The average Bonchev–Trinajstić information content (AvgIpc) is 3.21. The van der Waals surface area contributed by atoms with Crippen LogP contribution < -0.4 is 5.32 Å². The molecule has 1 unspecified atom stereocenters. The highest BCUT2D eigenvalue weighted by Crippen LogP contribution is 2.34. The van der Waals surface area contributed by atoms with E-state index in [9.17, 15) is 4.39 Å². The number of nitrogens with zero attached hydrogens (tertiary/aromatic N) is 4. The number of aromatic nitrogens is 3. The Hall–Kier alpha value is -3.67. The molecule has 2 aromatic heterocycles. The molecule has 0 saturated heterocycles. The van der Waals surface area contributed by atoms with Crippen LogP contribution in [0.25, 0.3) is 10.9 Å². The first kappa shape index (κ1) is 17.4. The Morgan fingerprint density at radius 3 is 2.52 bits per heavy atom. The van der Waals surface area contributed by atoms with E-state index >= 15 is 0 Å². The van der Waals surface area contributed by atoms with E-state index in [-0.39, 0.29) is 5.82 Å². The lowest BCUT2D eigenvalue weighted by Crippen LogP contribution is -2.44. The number of benzene rings is 2. The lowest BCUT2D eigenvalue weighted by atomic mass is 9.83. The minimum absolute atomic E-state index is 0.274. The van der Waals surface area contributed by atoms with Crippen molar-refractivity contribution >= 4 is 16.7 Å². The first-order valence-electron chi connectivity index (χ1n) is 9.37. The summed E-state index contributed by atoms with van der Waals surface area (Å²) in [5.74, 6) is 0.388. The Morgan fingerprint density at radius 2 is 1.72 bits per heavy atom. The van der Waals surface area contributed by atoms with Gasteiger partial charge in [-0.05, 0) is 36.8 Å². The van der Waals surface area contributed by atoms with Gasteiger partial charge in [0.15, 0.2) is 0 Å². The van der Waals surface area contributed by atoms with E-state index in [1.807, 2.05) is 37.4 Å². The number of amidine groups is 1. The summed E-state index contributed by atoms with van der Waals surface area (Å²) in [5.41, 5.74) is 3.65. The molecule has 1 N–H and O–H groups in total. The van der Waals surface area contributed by atoms with Crippen LogP contribution in [0.1, 0.15) is 22.5 Å². The van der Waals surface area contributed by atoms with Gasteiger partial charge >= 0.3 is 0 Å². The molecule has 3 heterocycles. The quantitative estimate of drug-likeness (QED) is 0.585. The van der Waals surface area contributed by atoms with Gasteiger partial charge in [-0.3, -0.25) is 15.0 Å². The second kappa shape index (κ2) is 6.74. The van der Waals surface area contributed by atoms with Crippen LogP contribution in [-0.2, 0) is 5.54 Å². The van der Waals surface area contributed by atoms with Crippen LogP contribution in [0.3, 0.4) is 0 Å². The van der Waals surface area contributed by atoms with E-state index in [0.717, 1.165) is 27.7 Å². The zero-order valence-electron chi connectivity index (χ0n) is 15.8. The van der Waals surface area contributed by atoms with E-state index in [2.05, 4.69) is 26.3 Å². The highest BCUT2D eigenvalue weighted by Gasteiger charge is 2.40. The zero-order chi connectivity index (χ0) is 19.8. The molecule has 2 aromatic carbocycles. The summed E-state index contributed by atoms with van der Waals surface area (Å²) in [6.45, 7) is 2.34. The Morgan fingerprint density at radius 1 is 0.897 bits per heavy atom. The molecule has 1 aliphatic heterocycles. The van der Waals surface area contributed by atoms with E-state index in [4.69, 9.17) is 4.99 Å². The van der Waals surface area contributed by atoms with Crippen molar-refractivity contribution in [3.63, 3.8) is 0 Å². The molecule has 0 aliphatic carbocycles. The van der Waals surface area contributed by atoms with Gasteiger partial charge in [0.25, 0.3) is 0 Å². The second-order valence-electron chi connectivity index (χ2n) is 7.16. The molecule has 5 nitrogen and oxygen atoms in total. The maximum absolute atomic E-state index is 13.6. The van der Waals surface area contributed by atoms with Crippen molar-refractivity contribution in [3.8, 4) is 0 Å². The molecule has 0 saturated carbocycles. The van der Waals surface area contributed by atoms with Gasteiger partial charge in [0.2, 0.25) is 0 Å². The molecule has 0 amide bonds. The number of aryl methyl sites for hydroxylation is 1. The molecule has 142 valence electrons. The predicted molar refractivity (Wildman–Crippen MR) is 110 cm³/mol. The first-order valence-corrected chi connectivity index (χ1v) is 9.37. The number of hydrogen-bond acceptors (Lipinski definition) is 5. The molecule has 1 aliphatic rings. The summed E-state index contributed by atoms with van der Waals surface area (Å²) < 4.78 is 13.6. The van der Waals surface area contributed by atoms with Gasteiger partial charge in [0.05, 0.1) is 24.0 Å². The van der Waals surface area contributed by atoms with Crippen molar-refractivity contribution in [1.29, 1.82) is 0 Å². The standard InChI is InChI=1S/C23H18FN5/c1-15-11-26-21(13-25-15)22-28-14-23(29-22,17-6-8-19(24)9-7-17)18-10-16-4-2-3-5-20(16)27-12-18/h2-13H,14H2,1H3,(H,28,29). The van der Waals surface area contributed by atoms with Crippen LogP contribution in [0.4, 0.5) is 4.39 Å². The summed E-state index contributed by atoms with van der Waals surface area (Å²) in [7, 11) is 0. The monoisotopic (exact) mass is 383 g/mol. The van der Waals surface area contributed by atoms with Crippen LogP contribution >= 0.6 is 0 Å². The molecule has 0 bridgehead atoms. The smallest absolute Gasteiger partial charge is 0.150 e. The van der Waals surface area contributed by atoms with Crippen molar-refractivity contribution < 1.29 is 4.39 Å². The van der Waals surface area contributed by atoms with Gasteiger partial charge in [-0.15, -0.1) is 0 Å². The highest BCUT2D eigenvalue weighted by molar-refractivity contribution is 5.99. The minimum Gasteiger partial charge on any atom is -0.353 e. The van der Waals surface area contributed by atoms with Gasteiger partial charge in [-0.1, -0.05) is 30.3 Å². The van der Waals surface area contributed by atoms with Gasteiger partial charge < -0.3 is 5.32 Å². The third-order valence-corrected chi connectivity index (χ3v) is 5.25. The van der Waals surface area contributed by atoms with Gasteiger partial charge in [-0.25, -0.2) is 9.37 Å². The SMILES string of the molecule is Cc1cnc(C2=NCC(c3ccc(F)cc3)(c3cnc4ccccc4c3)N2)cn1. The molecular weight excluding hydrogens is 365 g/mol. The molecule has 0 radical (unpaired) electrons. The molecule has 29 heavy (non-hydrogen) atoms. The summed E-state index contributed by atoms with van der Waals surface area (Å²) >= 11 is 0. The van der Waals surface area contributed by atoms with Crippen LogP contribution in [0.2, 0.25) is 0 Å². The van der Waals surface area contributed by atoms with Crippen molar-refractivity contribution in [1.82, 2.24) is 20.3 Å². The predicted octanol–water partition coefficient (Wildman–Crippen LogP) is 3.77. The van der Waals surface area contributed by atoms with E-state index in [1.165, 1.54) is 12.1 Å². The number of aliphatic imine (C=N–C) groups is 1.